The van der Waals surface area contributed by atoms with Crippen LogP contribution in [-0.2, 0) is 17.0 Å². The van der Waals surface area contributed by atoms with Crippen LogP contribution in [0.2, 0.25) is 0 Å². The Kier molecular flexibility index (Phi) is 10.5. The van der Waals surface area contributed by atoms with Crippen LogP contribution in [0.5, 0.6) is 0 Å². The molecular weight excluding hydrogens is 227 g/mol. The Labute approximate surface area is 91.7 Å². The van der Waals surface area contributed by atoms with Crippen LogP contribution in [0, 0.1) is 6.42 Å². The van der Waals surface area contributed by atoms with Crippen LogP contribution in [0.1, 0.15) is 26.2 Å². The van der Waals surface area contributed by atoms with Gasteiger partial charge in [0.25, 0.3) is 0 Å². The van der Waals surface area contributed by atoms with Gasteiger partial charge in [0.15, 0.2) is 0 Å². The van der Waals surface area contributed by atoms with Crippen molar-refractivity contribution in [3.63, 3.8) is 0 Å². The quantitative estimate of drug-likeness (QED) is 0.646. The van der Waals surface area contributed by atoms with E-state index < -0.39 is 17.0 Å². The van der Waals surface area contributed by atoms with Crippen molar-refractivity contribution in [1.82, 2.24) is 0 Å². The molecule has 0 amide bonds. The van der Waals surface area contributed by atoms with Gasteiger partial charge in [0, 0.05) is 6.42 Å². The molecule has 0 aromatic heterocycles. The number of hydrogen-bond donors (Lipinski definition) is 0. The summed E-state index contributed by atoms with van der Waals surface area (Å²) in [4.78, 5) is 0. The van der Waals surface area contributed by atoms with Crippen LogP contribution in [0.3, 0.4) is 0 Å². The molecule has 0 nitrogen and oxygen atoms in total. The van der Waals surface area contributed by atoms with E-state index in [2.05, 4.69) is 31.6 Å². The van der Waals surface area contributed by atoms with Gasteiger partial charge in [0.2, 0.25) is 0 Å². The van der Waals surface area contributed by atoms with Crippen molar-refractivity contribution in [2.24, 2.45) is 0 Å². The van der Waals surface area contributed by atoms with E-state index in [0.717, 1.165) is 0 Å². The summed E-state index contributed by atoms with van der Waals surface area (Å²) in [5.41, 5.74) is 1.48. The van der Waals surface area contributed by atoms with Crippen molar-refractivity contribution in [2.75, 3.05) is 0 Å². The summed E-state index contributed by atoms with van der Waals surface area (Å²) in [6, 6.07) is 0. The van der Waals surface area contributed by atoms with Gasteiger partial charge in [-0.1, -0.05) is 37.1 Å². The molecule has 1 radical (unpaired) electrons. The van der Waals surface area contributed by atoms with Gasteiger partial charge in [-0.05, 0) is 12.8 Å². The third-order valence-electron chi connectivity index (χ3n) is 1.55. The summed E-state index contributed by atoms with van der Waals surface area (Å²) in [6.45, 7) is 2.23. The van der Waals surface area contributed by atoms with Crippen molar-refractivity contribution < 1.29 is 17.0 Å². The Morgan fingerprint density at radius 3 is 2.42 bits per heavy atom. The molecule has 12 heavy (non-hydrogen) atoms. The number of halogens is 2. The molecule has 0 aromatic rings. The van der Waals surface area contributed by atoms with Crippen LogP contribution in [0.15, 0.2) is 23.8 Å². The molecule has 67 valence electrons. The summed E-state index contributed by atoms with van der Waals surface area (Å²) in [6.07, 6.45) is 12.5. The van der Waals surface area contributed by atoms with Crippen LogP contribution in [0.25, 0.3) is 0 Å². The molecule has 1 rings (SSSR count). The Morgan fingerprint density at radius 2 is 2.00 bits per heavy atom. The average molecular weight is 240 g/mol. The molecule has 0 unspecified atom stereocenters. The third-order valence-corrected chi connectivity index (χ3v) is 1.55. The predicted molar refractivity (Wildman–Crippen MR) is 52.8 cm³/mol. The van der Waals surface area contributed by atoms with E-state index in [4.69, 9.17) is 18.6 Å². The van der Waals surface area contributed by atoms with E-state index in [1.54, 1.807) is 0 Å². The normalized spacial score (nSPS) is 13.4. The van der Waals surface area contributed by atoms with Gasteiger partial charge >= 0.3 is 35.6 Å². The molecule has 0 bridgehead atoms. The first-order chi connectivity index (χ1) is 5.85. The number of hydrogen-bond acceptors (Lipinski definition) is 0. The molecule has 0 spiro atoms. The molecule has 3 heteroatoms. The zero-order chi connectivity index (χ0) is 9.23. The first-order valence-corrected chi connectivity index (χ1v) is 8.31. The fourth-order valence-corrected chi connectivity index (χ4v) is 0.961. The first-order valence-electron chi connectivity index (χ1n) is 4.02. The topological polar surface area (TPSA) is 0 Å². The van der Waals surface area contributed by atoms with Gasteiger partial charge in [0.05, 0.1) is 0 Å². The summed E-state index contributed by atoms with van der Waals surface area (Å²) in [7, 11) is 9.78. The van der Waals surface area contributed by atoms with E-state index >= 15 is 0 Å². The molecule has 0 aromatic carbocycles. The Morgan fingerprint density at radius 1 is 1.33 bits per heavy atom. The molecule has 0 heterocycles. The molecule has 1 aliphatic rings. The molecule has 0 saturated carbocycles. The Bertz CT molecular complexity index is 153. The molecule has 0 fully saturated rings. The molecule has 0 aliphatic heterocycles. The average Bonchev–Trinajstić information content (AvgIpc) is 2.54. The van der Waals surface area contributed by atoms with E-state index in [1.165, 1.54) is 24.8 Å². The first kappa shape index (κ1) is 12.8. The summed E-state index contributed by atoms with van der Waals surface area (Å²) >= 11 is -0.556. The number of unbranched alkanes of at least 4 members (excludes halogenated alkanes) is 1. The summed E-state index contributed by atoms with van der Waals surface area (Å²) < 4.78 is 0. The van der Waals surface area contributed by atoms with Crippen molar-refractivity contribution in [3.05, 3.63) is 30.2 Å². The van der Waals surface area contributed by atoms with Gasteiger partial charge < -0.3 is 0 Å². The molecular formula is C9H13Cl2Ti. The van der Waals surface area contributed by atoms with Gasteiger partial charge in [-0.3, -0.25) is 0 Å². The molecule has 0 saturated heterocycles. The molecule has 0 atom stereocenters. The van der Waals surface area contributed by atoms with Crippen molar-refractivity contribution >= 4 is 18.6 Å². The second kappa shape index (κ2) is 9.86. The van der Waals surface area contributed by atoms with E-state index in [9.17, 15) is 0 Å². The number of allylic oxidation sites excluding steroid dienone is 4. The fourth-order valence-electron chi connectivity index (χ4n) is 0.961. The molecule has 0 N–H and O–H groups in total. The Balaban J connectivity index is 0.000000354. The minimum absolute atomic E-state index is 0.556. The summed E-state index contributed by atoms with van der Waals surface area (Å²) in [5.74, 6) is 0. The van der Waals surface area contributed by atoms with Gasteiger partial charge in [-0.2, -0.15) is 0 Å². The van der Waals surface area contributed by atoms with Crippen LogP contribution in [0.4, 0.5) is 0 Å². The van der Waals surface area contributed by atoms with E-state index in [1.807, 2.05) is 0 Å². The van der Waals surface area contributed by atoms with Crippen molar-refractivity contribution in [1.29, 1.82) is 0 Å². The SMILES string of the molecule is CCCCC1=CC=C[CH]1.[Cl][Ti][Cl]. The van der Waals surface area contributed by atoms with Gasteiger partial charge in [0.1, 0.15) is 0 Å². The monoisotopic (exact) mass is 239 g/mol. The second-order valence-corrected chi connectivity index (χ2v) is 5.05. The standard InChI is InChI=1S/C9H13.2ClH.Ti/c1-2-3-6-9-7-4-5-8-9;;;/h4-5,7-8H,2-3,6H2,1H3;2*1H;/q;;;+2/p-2. The van der Waals surface area contributed by atoms with Crippen molar-refractivity contribution in [3.8, 4) is 0 Å². The maximum absolute atomic E-state index is 4.89. The predicted octanol–water partition coefficient (Wildman–Crippen LogP) is 4.25. The van der Waals surface area contributed by atoms with Crippen LogP contribution in [-0.4, -0.2) is 0 Å². The number of rotatable bonds is 3. The van der Waals surface area contributed by atoms with Crippen molar-refractivity contribution in [2.45, 2.75) is 26.2 Å². The third kappa shape index (κ3) is 7.42. The van der Waals surface area contributed by atoms with E-state index in [0.29, 0.717) is 0 Å². The maximum atomic E-state index is 4.89. The fraction of sp³-hybridized carbons (Fsp3) is 0.444. The van der Waals surface area contributed by atoms with Gasteiger partial charge in [-0.15, -0.1) is 0 Å². The second-order valence-electron chi connectivity index (χ2n) is 2.47. The van der Waals surface area contributed by atoms with Gasteiger partial charge in [-0.25, -0.2) is 0 Å². The van der Waals surface area contributed by atoms with Crippen LogP contribution >= 0.6 is 18.6 Å². The molecule has 1 aliphatic carbocycles. The summed E-state index contributed by atoms with van der Waals surface area (Å²) in [5, 5.41) is 0. The van der Waals surface area contributed by atoms with E-state index in [-0.39, 0.29) is 0 Å². The Hall–Kier alpha value is 0.774. The zero-order valence-electron chi connectivity index (χ0n) is 7.19. The minimum atomic E-state index is -0.556. The zero-order valence-corrected chi connectivity index (χ0v) is 10.3. The van der Waals surface area contributed by atoms with Crippen LogP contribution < -0.4 is 0 Å².